The quantitative estimate of drug-likeness (QED) is 0.934. The van der Waals surface area contributed by atoms with Gasteiger partial charge in [-0.3, -0.25) is 0 Å². The summed E-state index contributed by atoms with van der Waals surface area (Å²) in [6.45, 7) is 0.414. The van der Waals surface area contributed by atoms with E-state index in [1.807, 2.05) is 12.1 Å². The van der Waals surface area contributed by atoms with Crippen LogP contribution in [0.1, 0.15) is 16.7 Å². The Hall–Kier alpha value is -3.05. The van der Waals surface area contributed by atoms with Crippen LogP contribution in [0.3, 0.4) is 0 Å². The molecule has 0 aliphatic carbocycles. The Balaban J connectivity index is 2.17. The highest BCUT2D eigenvalue weighted by atomic mass is 19.1. The largest absolute Gasteiger partial charge is 0.495 e. The molecular formula is C16H12FN3O. The predicted molar refractivity (Wildman–Crippen MR) is 76.2 cm³/mol. The summed E-state index contributed by atoms with van der Waals surface area (Å²) in [5.74, 6) is 0.0221. The second-order valence-corrected chi connectivity index (χ2v) is 4.31. The molecule has 0 bridgehead atoms. The zero-order valence-corrected chi connectivity index (χ0v) is 11.4. The normalized spacial score (nSPS) is 9.52. The Labute approximate surface area is 122 Å². The minimum absolute atomic E-state index is 0.0149. The van der Waals surface area contributed by atoms with Crippen molar-refractivity contribution in [2.75, 3.05) is 12.4 Å². The van der Waals surface area contributed by atoms with Crippen LogP contribution >= 0.6 is 0 Å². The molecule has 0 aliphatic heterocycles. The van der Waals surface area contributed by atoms with Crippen LogP contribution in [-0.2, 0) is 6.54 Å². The zero-order chi connectivity index (χ0) is 15.2. The lowest BCUT2D eigenvalue weighted by molar-refractivity contribution is 0.416. The molecule has 0 amide bonds. The Kier molecular flexibility index (Phi) is 4.38. The highest BCUT2D eigenvalue weighted by Gasteiger charge is 2.06. The van der Waals surface area contributed by atoms with E-state index in [1.54, 1.807) is 24.3 Å². The Bertz CT molecular complexity index is 744. The number of benzene rings is 2. The molecule has 0 aliphatic rings. The first kappa shape index (κ1) is 14.4. The molecule has 2 aromatic rings. The van der Waals surface area contributed by atoms with E-state index in [9.17, 15) is 4.39 Å². The number of halogens is 1. The fourth-order valence-corrected chi connectivity index (χ4v) is 1.87. The van der Waals surface area contributed by atoms with Crippen molar-refractivity contribution in [2.24, 2.45) is 0 Å². The van der Waals surface area contributed by atoms with Crippen molar-refractivity contribution in [1.82, 2.24) is 0 Å². The number of nitrogens with zero attached hydrogens (tertiary/aromatic N) is 2. The Morgan fingerprint density at radius 3 is 2.62 bits per heavy atom. The lowest BCUT2D eigenvalue weighted by Gasteiger charge is -2.11. The maximum Gasteiger partial charge on any atom is 0.143 e. The number of hydrogen-bond acceptors (Lipinski definition) is 4. The minimum Gasteiger partial charge on any atom is -0.495 e. The molecule has 4 nitrogen and oxygen atoms in total. The molecule has 0 fully saturated rings. The molecule has 0 heterocycles. The molecule has 0 saturated heterocycles. The minimum atomic E-state index is -0.530. The molecule has 0 aromatic heterocycles. The van der Waals surface area contributed by atoms with Gasteiger partial charge in [-0.25, -0.2) is 4.39 Å². The van der Waals surface area contributed by atoms with Gasteiger partial charge in [0.25, 0.3) is 0 Å². The van der Waals surface area contributed by atoms with E-state index in [0.29, 0.717) is 17.9 Å². The molecule has 1 N–H and O–H groups in total. The average Bonchev–Trinajstić information content (AvgIpc) is 2.53. The van der Waals surface area contributed by atoms with E-state index in [1.165, 1.54) is 19.2 Å². The van der Waals surface area contributed by atoms with Gasteiger partial charge in [-0.15, -0.1) is 0 Å². The summed E-state index contributed by atoms with van der Waals surface area (Å²) in [5.41, 5.74) is 2.02. The van der Waals surface area contributed by atoms with E-state index in [0.717, 1.165) is 11.3 Å². The van der Waals surface area contributed by atoms with Gasteiger partial charge in [0.1, 0.15) is 17.6 Å². The van der Waals surface area contributed by atoms with Gasteiger partial charge in [0.05, 0.1) is 30.0 Å². The third kappa shape index (κ3) is 3.29. The molecule has 0 saturated carbocycles. The van der Waals surface area contributed by atoms with Crippen molar-refractivity contribution in [3.8, 4) is 17.9 Å². The number of ether oxygens (including phenoxy) is 1. The molecule has 2 rings (SSSR count). The van der Waals surface area contributed by atoms with E-state index in [2.05, 4.69) is 5.32 Å². The third-order valence-electron chi connectivity index (χ3n) is 2.96. The lowest BCUT2D eigenvalue weighted by atomic mass is 10.1. The molecule has 2 aromatic carbocycles. The molecule has 5 heteroatoms. The van der Waals surface area contributed by atoms with Gasteiger partial charge >= 0.3 is 0 Å². The second-order valence-electron chi connectivity index (χ2n) is 4.31. The van der Waals surface area contributed by atoms with Crippen LogP contribution in [-0.4, -0.2) is 7.11 Å². The fourth-order valence-electron chi connectivity index (χ4n) is 1.87. The van der Waals surface area contributed by atoms with Crippen LogP contribution < -0.4 is 10.1 Å². The van der Waals surface area contributed by atoms with Crippen LogP contribution in [0, 0.1) is 28.5 Å². The van der Waals surface area contributed by atoms with Crippen LogP contribution in [0.5, 0.6) is 5.75 Å². The van der Waals surface area contributed by atoms with Crippen molar-refractivity contribution in [2.45, 2.75) is 6.54 Å². The summed E-state index contributed by atoms with van der Waals surface area (Å²) < 4.78 is 18.5. The molecule has 21 heavy (non-hydrogen) atoms. The summed E-state index contributed by atoms with van der Waals surface area (Å²) in [7, 11) is 1.52. The van der Waals surface area contributed by atoms with E-state index < -0.39 is 5.82 Å². The van der Waals surface area contributed by atoms with E-state index in [-0.39, 0.29) is 5.56 Å². The van der Waals surface area contributed by atoms with Gasteiger partial charge in [-0.05, 0) is 29.8 Å². The number of anilines is 1. The summed E-state index contributed by atoms with van der Waals surface area (Å²) in [6, 6.07) is 13.3. The van der Waals surface area contributed by atoms with E-state index in [4.69, 9.17) is 15.3 Å². The summed E-state index contributed by atoms with van der Waals surface area (Å²) in [6.07, 6.45) is 0. The SMILES string of the molecule is COc1cc(C#N)ccc1NCc1ccc(F)c(C#N)c1. The first-order valence-electron chi connectivity index (χ1n) is 6.18. The summed E-state index contributed by atoms with van der Waals surface area (Å²) in [5, 5.41) is 20.8. The van der Waals surface area contributed by atoms with Crippen molar-refractivity contribution >= 4 is 5.69 Å². The number of nitriles is 2. The molecular weight excluding hydrogens is 269 g/mol. The standard InChI is InChI=1S/C16H12FN3O/c1-21-16-7-11(8-18)3-5-15(16)20-10-12-2-4-14(17)13(6-12)9-19/h2-7,20H,10H2,1H3. The molecule has 104 valence electrons. The maximum atomic E-state index is 13.2. The van der Waals surface area contributed by atoms with Gasteiger partial charge in [-0.2, -0.15) is 10.5 Å². The number of methoxy groups -OCH3 is 1. The highest BCUT2D eigenvalue weighted by molar-refractivity contribution is 5.59. The first-order chi connectivity index (χ1) is 10.2. The Morgan fingerprint density at radius 2 is 1.95 bits per heavy atom. The maximum absolute atomic E-state index is 13.2. The van der Waals surface area contributed by atoms with Gasteiger partial charge in [0, 0.05) is 12.6 Å². The lowest BCUT2D eigenvalue weighted by Crippen LogP contribution is -2.02. The molecule has 0 spiro atoms. The molecule has 0 atom stereocenters. The summed E-state index contributed by atoms with van der Waals surface area (Å²) >= 11 is 0. The van der Waals surface area contributed by atoms with Crippen LogP contribution in [0.4, 0.5) is 10.1 Å². The van der Waals surface area contributed by atoms with Crippen molar-refractivity contribution in [3.05, 3.63) is 58.9 Å². The second kappa shape index (κ2) is 6.40. The van der Waals surface area contributed by atoms with Crippen LogP contribution in [0.25, 0.3) is 0 Å². The van der Waals surface area contributed by atoms with Gasteiger partial charge in [-0.1, -0.05) is 6.07 Å². The smallest absolute Gasteiger partial charge is 0.143 e. The highest BCUT2D eigenvalue weighted by Crippen LogP contribution is 2.26. The van der Waals surface area contributed by atoms with Crippen LogP contribution in [0.2, 0.25) is 0 Å². The first-order valence-corrected chi connectivity index (χ1v) is 6.18. The van der Waals surface area contributed by atoms with Crippen LogP contribution in [0.15, 0.2) is 36.4 Å². The topological polar surface area (TPSA) is 68.8 Å². The predicted octanol–water partition coefficient (Wildman–Crippen LogP) is 3.19. The van der Waals surface area contributed by atoms with Crippen molar-refractivity contribution in [1.29, 1.82) is 10.5 Å². The average molecular weight is 281 g/mol. The van der Waals surface area contributed by atoms with Gasteiger partial charge < -0.3 is 10.1 Å². The van der Waals surface area contributed by atoms with E-state index >= 15 is 0 Å². The number of hydrogen-bond donors (Lipinski definition) is 1. The summed E-state index contributed by atoms with van der Waals surface area (Å²) in [4.78, 5) is 0. The van der Waals surface area contributed by atoms with Gasteiger partial charge in [0.2, 0.25) is 0 Å². The fraction of sp³-hybridized carbons (Fsp3) is 0.125. The zero-order valence-electron chi connectivity index (χ0n) is 11.4. The molecule has 0 unspecified atom stereocenters. The Morgan fingerprint density at radius 1 is 1.14 bits per heavy atom. The van der Waals surface area contributed by atoms with Gasteiger partial charge in [0.15, 0.2) is 0 Å². The number of rotatable bonds is 4. The third-order valence-corrected chi connectivity index (χ3v) is 2.96. The van der Waals surface area contributed by atoms with Crippen molar-refractivity contribution in [3.63, 3.8) is 0 Å². The van der Waals surface area contributed by atoms with Crippen molar-refractivity contribution < 1.29 is 9.13 Å². The monoisotopic (exact) mass is 281 g/mol. The molecule has 0 radical (unpaired) electrons. The number of nitrogens with one attached hydrogen (secondary N) is 1.